The molecule has 22 heavy (non-hydrogen) atoms. The summed E-state index contributed by atoms with van der Waals surface area (Å²) in [6.07, 6.45) is 0. The van der Waals surface area contributed by atoms with Gasteiger partial charge >= 0.3 is 103 Å². The van der Waals surface area contributed by atoms with Gasteiger partial charge in [-0.05, 0) is 35.4 Å². The normalized spacial score (nSPS) is 9.64. The Labute approximate surface area is 211 Å². The van der Waals surface area contributed by atoms with Gasteiger partial charge in [-0.15, -0.1) is 0 Å². The van der Waals surface area contributed by atoms with Gasteiger partial charge in [0, 0.05) is 0 Å². The van der Waals surface area contributed by atoms with Crippen molar-refractivity contribution in [2.45, 2.75) is 0 Å². The standard InChI is InChI=1S/C14H10N2O4.2K/c17-13(18)9-1-5-11(6-2-9)15-16-12-7-3-10(4-8-12)14(19)20;;/h1-8H,(H,17,18)(H,19,20);;/q;2*+1/p-2. The fraction of sp³-hybridized carbons (Fsp3) is 0. The Kier molecular flexibility index (Phi) is 11.0. The zero-order valence-corrected chi connectivity index (χ0v) is 18.4. The number of carbonyl (C=O) groups excluding carboxylic acids is 2. The van der Waals surface area contributed by atoms with Crippen LogP contribution in [0.25, 0.3) is 0 Å². The minimum absolute atomic E-state index is 0. The molecule has 0 aromatic heterocycles. The van der Waals surface area contributed by atoms with Gasteiger partial charge in [0.1, 0.15) is 0 Å². The van der Waals surface area contributed by atoms with Crippen molar-refractivity contribution in [1.29, 1.82) is 0 Å². The van der Waals surface area contributed by atoms with Crippen LogP contribution in [0.2, 0.25) is 0 Å². The first-order chi connectivity index (χ1) is 9.56. The maximum atomic E-state index is 10.6. The summed E-state index contributed by atoms with van der Waals surface area (Å²) in [6, 6.07) is 11.4. The van der Waals surface area contributed by atoms with E-state index in [1.54, 1.807) is 0 Å². The molecule has 0 fully saturated rings. The average molecular weight is 346 g/mol. The predicted molar refractivity (Wildman–Crippen MR) is 65.7 cm³/mol. The number of carbonyl (C=O) groups is 2. The number of hydrogen-bond acceptors (Lipinski definition) is 6. The molecule has 0 heterocycles. The number of carboxylic acid groups (broad SMARTS) is 2. The topological polar surface area (TPSA) is 105 Å². The number of carboxylic acids is 2. The van der Waals surface area contributed by atoms with Crippen LogP contribution in [0.4, 0.5) is 11.4 Å². The SMILES string of the molecule is O=C([O-])c1ccc(N=Nc2ccc(C(=O)[O-])cc2)cc1.[K+].[K+]. The van der Waals surface area contributed by atoms with E-state index in [0.29, 0.717) is 11.4 Å². The molecule has 8 heteroatoms. The molecule has 0 unspecified atom stereocenters. The Balaban J connectivity index is 0.00000220. The summed E-state index contributed by atoms with van der Waals surface area (Å²) < 4.78 is 0. The monoisotopic (exact) mass is 346 g/mol. The molecule has 0 aliphatic carbocycles. The molecule has 0 amide bonds. The Hall–Kier alpha value is 0.253. The number of benzene rings is 2. The van der Waals surface area contributed by atoms with Gasteiger partial charge in [0.2, 0.25) is 0 Å². The molecule has 0 aliphatic heterocycles. The van der Waals surface area contributed by atoms with Gasteiger partial charge in [-0.3, -0.25) is 0 Å². The maximum Gasteiger partial charge on any atom is 1.00 e. The van der Waals surface area contributed by atoms with Gasteiger partial charge in [0.05, 0.1) is 23.3 Å². The second kappa shape index (κ2) is 10.9. The third-order valence-corrected chi connectivity index (χ3v) is 2.49. The van der Waals surface area contributed by atoms with Crippen LogP contribution in [0.5, 0.6) is 0 Å². The Bertz CT molecular complexity index is 611. The first-order valence-corrected chi connectivity index (χ1v) is 5.61. The Morgan fingerprint density at radius 3 is 1.14 bits per heavy atom. The third-order valence-electron chi connectivity index (χ3n) is 2.49. The van der Waals surface area contributed by atoms with Crippen LogP contribution in [0.15, 0.2) is 58.8 Å². The molecule has 6 nitrogen and oxygen atoms in total. The first kappa shape index (κ1) is 22.3. The van der Waals surface area contributed by atoms with Crippen molar-refractivity contribution in [3.05, 3.63) is 59.7 Å². The van der Waals surface area contributed by atoms with Crippen LogP contribution in [-0.4, -0.2) is 11.9 Å². The summed E-state index contributed by atoms with van der Waals surface area (Å²) in [5.41, 5.74) is 1.06. The molecular formula is C14H8K2N2O4. The van der Waals surface area contributed by atoms with E-state index in [0.717, 1.165) is 0 Å². The smallest absolute Gasteiger partial charge is 0.545 e. The van der Waals surface area contributed by atoms with Crippen LogP contribution in [0.3, 0.4) is 0 Å². The van der Waals surface area contributed by atoms with Gasteiger partial charge in [-0.2, -0.15) is 10.2 Å². The largest absolute Gasteiger partial charge is 1.00 e. The van der Waals surface area contributed by atoms with E-state index in [2.05, 4.69) is 10.2 Å². The molecule has 0 aliphatic rings. The summed E-state index contributed by atoms with van der Waals surface area (Å²) in [5, 5.41) is 28.9. The predicted octanol–water partition coefficient (Wildman–Crippen LogP) is -5.16. The van der Waals surface area contributed by atoms with Gasteiger partial charge < -0.3 is 19.8 Å². The molecule has 0 N–H and O–H groups in total. The molecule has 0 atom stereocenters. The van der Waals surface area contributed by atoms with Crippen LogP contribution in [0.1, 0.15) is 20.7 Å². The van der Waals surface area contributed by atoms with E-state index in [9.17, 15) is 19.8 Å². The summed E-state index contributed by atoms with van der Waals surface area (Å²) in [6.45, 7) is 0. The molecule has 2 aromatic carbocycles. The van der Waals surface area contributed by atoms with E-state index in [1.807, 2.05) is 0 Å². The number of azo groups is 1. The second-order valence-electron chi connectivity index (χ2n) is 3.87. The van der Waals surface area contributed by atoms with Crippen molar-refractivity contribution in [3.8, 4) is 0 Å². The Morgan fingerprint density at radius 1 is 0.636 bits per heavy atom. The van der Waals surface area contributed by atoms with Crippen LogP contribution in [-0.2, 0) is 0 Å². The quantitative estimate of drug-likeness (QED) is 0.408. The maximum absolute atomic E-state index is 10.6. The van der Waals surface area contributed by atoms with Crippen molar-refractivity contribution in [2.24, 2.45) is 10.2 Å². The zero-order valence-electron chi connectivity index (χ0n) is 12.1. The molecule has 0 saturated carbocycles. The van der Waals surface area contributed by atoms with E-state index in [1.165, 1.54) is 48.5 Å². The second-order valence-corrected chi connectivity index (χ2v) is 3.87. The first-order valence-electron chi connectivity index (χ1n) is 5.61. The molecule has 0 radical (unpaired) electrons. The van der Waals surface area contributed by atoms with Gasteiger partial charge in [-0.25, -0.2) is 0 Å². The fourth-order valence-electron chi connectivity index (χ4n) is 1.44. The Morgan fingerprint density at radius 2 is 0.909 bits per heavy atom. The number of aromatic carboxylic acids is 2. The number of hydrogen-bond donors (Lipinski definition) is 0. The van der Waals surface area contributed by atoms with Crippen LogP contribution in [0, 0.1) is 0 Å². The summed E-state index contributed by atoms with van der Waals surface area (Å²) >= 11 is 0. The zero-order chi connectivity index (χ0) is 14.5. The van der Waals surface area contributed by atoms with Crippen molar-refractivity contribution < 1.29 is 123 Å². The van der Waals surface area contributed by atoms with Crippen molar-refractivity contribution in [1.82, 2.24) is 0 Å². The van der Waals surface area contributed by atoms with Crippen molar-refractivity contribution in [2.75, 3.05) is 0 Å². The average Bonchev–Trinajstić information content (AvgIpc) is 2.46. The molecule has 2 aromatic rings. The minimum atomic E-state index is -1.26. The molecule has 2 rings (SSSR count). The van der Waals surface area contributed by atoms with Gasteiger partial charge in [0.15, 0.2) is 0 Å². The summed E-state index contributed by atoms with van der Waals surface area (Å²) in [5.74, 6) is -2.52. The minimum Gasteiger partial charge on any atom is -0.545 e. The molecule has 0 bridgehead atoms. The van der Waals surface area contributed by atoms with E-state index >= 15 is 0 Å². The molecule has 0 spiro atoms. The fourth-order valence-corrected chi connectivity index (χ4v) is 1.44. The third kappa shape index (κ3) is 6.79. The van der Waals surface area contributed by atoms with E-state index in [-0.39, 0.29) is 114 Å². The van der Waals surface area contributed by atoms with E-state index < -0.39 is 11.9 Å². The molecular weight excluding hydrogens is 338 g/mol. The molecule has 100 valence electrons. The van der Waals surface area contributed by atoms with E-state index in [4.69, 9.17) is 0 Å². The summed E-state index contributed by atoms with van der Waals surface area (Å²) in [4.78, 5) is 21.1. The van der Waals surface area contributed by atoms with Crippen molar-refractivity contribution in [3.63, 3.8) is 0 Å². The van der Waals surface area contributed by atoms with Gasteiger partial charge in [0.25, 0.3) is 0 Å². The van der Waals surface area contributed by atoms with Gasteiger partial charge in [-0.1, -0.05) is 24.3 Å². The number of nitrogens with zero attached hydrogens (tertiary/aromatic N) is 2. The van der Waals surface area contributed by atoms with Crippen LogP contribution < -0.4 is 113 Å². The van der Waals surface area contributed by atoms with Crippen molar-refractivity contribution >= 4 is 23.3 Å². The summed E-state index contributed by atoms with van der Waals surface area (Å²) in [7, 11) is 0. The molecule has 0 saturated heterocycles. The van der Waals surface area contributed by atoms with Crippen LogP contribution >= 0.6 is 0 Å². The number of rotatable bonds is 4.